The largest absolute Gasteiger partial charge is 0.481 e. The number of non-ortho nitro benzene ring substituents is 1. The Morgan fingerprint density at radius 2 is 2.04 bits per heavy atom. The molecule has 0 bridgehead atoms. The van der Waals surface area contributed by atoms with Gasteiger partial charge >= 0.3 is 5.97 Å². The zero-order valence-corrected chi connectivity index (χ0v) is 13.9. The van der Waals surface area contributed by atoms with Crippen molar-refractivity contribution in [2.45, 2.75) is 12.8 Å². The summed E-state index contributed by atoms with van der Waals surface area (Å²) in [4.78, 5) is 39.8. The number of nitro groups is 1. The van der Waals surface area contributed by atoms with E-state index in [-0.39, 0.29) is 17.3 Å². The number of carbonyl (C=O) groups is 2. The first-order valence-corrected chi connectivity index (χ1v) is 8.56. The van der Waals surface area contributed by atoms with E-state index in [0.29, 0.717) is 36.5 Å². The molecule has 0 unspecified atom stereocenters. The van der Waals surface area contributed by atoms with E-state index in [1.807, 2.05) is 0 Å². The molecule has 25 heavy (non-hydrogen) atoms. The highest BCUT2D eigenvalue weighted by molar-refractivity contribution is 7.13. The minimum atomic E-state index is -0.825. The molecule has 130 valence electrons. The summed E-state index contributed by atoms with van der Waals surface area (Å²) < 4.78 is 0. The molecule has 0 saturated carbocycles. The van der Waals surface area contributed by atoms with Gasteiger partial charge < -0.3 is 10.0 Å². The Morgan fingerprint density at radius 1 is 1.32 bits per heavy atom. The van der Waals surface area contributed by atoms with Crippen LogP contribution in [0.25, 0.3) is 10.6 Å². The van der Waals surface area contributed by atoms with Gasteiger partial charge in [0, 0.05) is 36.2 Å². The molecule has 1 aliphatic rings. The third-order valence-electron chi connectivity index (χ3n) is 4.16. The summed E-state index contributed by atoms with van der Waals surface area (Å²) >= 11 is 1.25. The summed E-state index contributed by atoms with van der Waals surface area (Å²) in [7, 11) is 0. The van der Waals surface area contributed by atoms with Gasteiger partial charge in [-0.2, -0.15) is 0 Å². The van der Waals surface area contributed by atoms with E-state index in [1.54, 1.807) is 22.4 Å². The van der Waals surface area contributed by atoms with Crippen molar-refractivity contribution < 1.29 is 19.6 Å². The lowest BCUT2D eigenvalue weighted by atomic mass is 9.97. The number of rotatable bonds is 4. The third kappa shape index (κ3) is 3.66. The van der Waals surface area contributed by atoms with Crippen molar-refractivity contribution >= 4 is 28.9 Å². The Balaban J connectivity index is 1.73. The van der Waals surface area contributed by atoms with E-state index in [0.717, 1.165) is 0 Å². The number of nitro benzene ring substituents is 1. The van der Waals surface area contributed by atoms with Crippen molar-refractivity contribution in [3.05, 3.63) is 45.5 Å². The van der Waals surface area contributed by atoms with Gasteiger partial charge in [0.25, 0.3) is 11.6 Å². The molecule has 3 rings (SSSR count). The van der Waals surface area contributed by atoms with Crippen molar-refractivity contribution in [1.29, 1.82) is 0 Å². The highest BCUT2D eigenvalue weighted by Gasteiger charge is 2.28. The molecule has 1 aliphatic heterocycles. The van der Waals surface area contributed by atoms with Crippen molar-refractivity contribution in [2.75, 3.05) is 13.1 Å². The number of carbonyl (C=O) groups excluding carboxylic acids is 1. The van der Waals surface area contributed by atoms with Gasteiger partial charge in [-0.1, -0.05) is 12.1 Å². The van der Waals surface area contributed by atoms with Gasteiger partial charge in [0.2, 0.25) is 0 Å². The molecule has 0 atom stereocenters. The number of amides is 1. The Bertz CT molecular complexity index is 827. The van der Waals surface area contributed by atoms with Gasteiger partial charge in [-0.25, -0.2) is 4.98 Å². The number of carboxylic acids is 1. The summed E-state index contributed by atoms with van der Waals surface area (Å²) in [6, 6.07) is 6.10. The van der Waals surface area contributed by atoms with Crippen LogP contribution in [0.5, 0.6) is 0 Å². The van der Waals surface area contributed by atoms with Crippen molar-refractivity contribution in [2.24, 2.45) is 5.92 Å². The smallest absolute Gasteiger partial charge is 0.306 e. The average Bonchev–Trinajstić information content (AvgIpc) is 3.11. The van der Waals surface area contributed by atoms with Gasteiger partial charge in [0.15, 0.2) is 0 Å². The molecule has 0 spiro atoms. The quantitative estimate of drug-likeness (QED) is 0.661. The molecule has 1 N–H and O–H groups in total. The SMILES string of the molecule is O=C(O)C1CCN(C(=O)c2csc(-c3cccc([N+](=O)[O-])c3)n2)CC1. The fraction of sp³-hybridized carbons (Fsp3) is 0.312. The number of hydrogen-bond donors (Lipinski definition) is 1. The van der Waals surface area contributed by atoms with Gasteiger partial charge in [0.05, 0.1) is 10.8 Å². The van der Waals surface area contributed by atoms with Crippen molar-refractivity contribution in [3.63, 3.8) is 0 Å². The maximum absolute atomic E-state index is 12.5. The van der Waals surface area contributed by atoms with Crippen LogP contribution >= 0.6 is 11.3 Å². The molecule has 1 amide bonds. The summed E-state index contributed by atoms with van der Waals surface area (Å²) in [6.07, 6.45) is 0.867. The maximum Gasteiger partial charge on any atom is 0.306 e. The molecular formula is C16H15N3O5S. The van der Waals surface area contributed by atoms with E-state index in [2.05, 4.69) is 4.98 Å². The lowest BCUT2D eigenvalue weighted by molar-refractivity contribution is -0.384. The zero-order valence-electron chi connectivity index (χ0n) is 13.1. The van der Waals surface area contributed by atoms with Gasteiger partial charge in [0.1, 0.15) is 10.7 Å². The first-order valence-electron chi connectivity index (χ1n) is 7.68. The summed E-state index contributed by atoms with van der Waals surface area (Å²) in [5.41, 5.74) is 0.833. The van der Waals surface area contributed by atoms with Crippen LogP contribution in [0, 0.1) is 16.0 Å². The minimum absolute atomic E-state index is 0.0312. The van der Waals surface area contributed by atoms with E-state index < -0.39 is 16.8 Å². The van der Waals surface area contributed by atoms with E-state index in [9.17, 15) is 19.7 Å². The Morgan fingerprint density at radius 3 is 2.68 bits per heavy atom. The molecule has 1 aromatic heterocycles. The Hall–Kier alpha value is -2.81. The van der Waals surface area contributed by atoms with Crippen molar-refractivity contribution in [3.8, 4) is 10.6 Å². The first-order chi connectivity index (χ1) is 12.0. The van der Waals surface area contributed by atoms with E-state index >= 15 is 0 Å². The number of thiazole rings is 1. The van der Waals surface area contributed by atoms with Crippen LogP contribution in [-0.4, -0.2) is 44.9 Å². The lowest BCUT2D eigenvalue weighted by Gasteiger charge is -2.29. The van der Waals surface area contributed by atoms with Crippen LogP contribution in [0.1, 0.15) is 23.3 Å². The number of benzene rings is 1. The predicted molar refractivity (Wildman–Crippen MR) is 90.5 cm³/mol. The lowest BCUT2D eigenvalue weighted by Crippen LogP contribution is -2.40. The molecule has 1 fully saturated rings. The molecule has 9 heteroatoms. The van der Waals surface area contributed by atoms with E-state index in [4.69, 9.17) is 5.11 Å². The van der Waals surface area contributed by atoms with Crippen LogP contribution < -0.4 is 0 Å². The summed E-state index contributed by atoms with van der Waals surface area (Å²) in [5, 5.41) is 22.0. The molecular weight excluding hydrogens is 346 g/mol. The predicted octanol–water partition coefficient (Wildman–Crippen LogP) is 2.66. The van der Waals surface area contributed by atoms with Crippen molar-refractivity contribution in [1.82, 2.24) is 9.88 Å². The van der Waals surface area contributed by atoms with Gasteiger partial charge in [-0.15, -0.1) is 11.3 Å². The Kier molecular flexibility index (Phi) is 4.75. The molecule has 0 radical (unpaired) electrons. The number of aromatic nitrogens is 1. The summed E-state index contributed by atoms with van der Waals surface area (Å²) in [6.45, 7) is 0.777. The topological polar surface area (TPSA) is 114 Å². The number of aliphatic carboxylic acids is 1. The molecule has 1 saturated heterocycles. The number of carboxylic acid groups (broad SMARTS) is 1. The van der Waals surface area contributed by atoms with Gasteiger partial charge in [-0.05, 0) is 12.8 Å². The van der Waals surface area contributed by atoms with E-state index in [1.165, 1.54) is 23.5 Å². The van der Waals surface area contributed by atoms with Crippen LogP contribution in [0.4, 0.5) is 5.69 Å². The number of hydrogen-bond acceptors (Lipinski definition) is 6. The van der Waals surface area contributed by atoms with Crippen LogP contribution in [-0.2, 0) is 4.79 Å². The van der Waals surface area contributed by atoms with Gasteiger partial charge in [-0.3, -0.25) is 19.7 Å². The molecule has 8 nitrogen and oxygen atoms in total. The molecule has 1 aromatic carbocycles. The number of piperidine rings is 1. The second kappa shape index (κ2) is 6.98. The molecule has 2 aromatic rings. The molecule has 2 heterocycles. The fourth-order valence-corrected chi connectivity index (χ4v) is 3.54. The van der Waals surface area contributed by atoms with Crippen LogP contribution in [0.2, 0.25) is 0 Å². The fourth-order valence-electron chi connectivity index (χ4n) is 2.75. The normalized spacial score (nSPS) is 15.1. The number of likely N-dealkylation sites (tertiary alicyclic amines) is 1. The highest BCUT2D eigenvalue weighted by atomic mass is 32.1. The van der Waals surface area contributed by atoms with Crippen LogP contribution in [0.15, 0.2) is 29.6 Å². The first kappa shape index (κ1) is 17.0. The number of nitrogens with zero attached hydrogens (tertiary/aromatic N) is 3. The van der Waals surface area contributed by atoms with Crippen LogP contribution in [0.3, 0.4) is 0 Å². The minimum Gasteiger partial charge on any atom is -0.481 e. The zero-order chi connectivity index (χ0) is 18.0. The third-order valence-corrected chi connectivity index (χ3v) is 5.05. The second-order valence-corrected chi connectivity index (χ2v) is 6.61. The molecule has 0 aliphatic carbocycles. The highest BCUT2D eigenvalue weighted by Crippen LogP contribution is 2.28. The monoisotopic (exact) mass is 361 g/mol. The summed E-state index contributed by atoms with van der Waals surface area (Å²) in [5.74, 6) is -1.47. The Labute approximate surface area is 146 Å². The standard InChI is InChI=1S/C16H15N3O5S/c20-15(18-6-4-10(5-7-18)16(21)22)13-9-25-14(17-13)11-2-1-3-12(8-11)19(23)24/h1-3,8-10H,4-7H2,(H,21,22). The average molecular weight is 361 g/mol. The maximum atomic E-state index is 12.5. The second-order valence-electron chi connectivity index (χ2n) is 5.75.